The molecule has 0 saturated heterocycles. The fourth-order valence-corrected chi connectivity index (χ4v) is 1.77. The molecular formula is C10H19NO2. The first-order chi connectivity index (χ1) is 6.19. The van der Waals surface area contributed by atoms with Crippen LogP contribution in [0.25, 0.3) is 0 Å². The molecule has 0 aliphatic heterocycles. The summed E-state index contributed by atoms with van der Waals surface area (Å²) >= 11 is 0. The van der Waals surface area contributed by atoms with E-state index < -0.39 is 0 Å². The van der Waals surface area contributed by atoms with Gasteiger partial charge in [0.1, 0.15) is 0 Å². The number of rotatable bonds is 5. The van der Waals surface area contributed by atoms with Gasteiger partial charge in [-0.15, -0.1) is 0 Å². The zero-order valence-corrected chi connectivity index (χ0v) is 8.45. The molecule has 1 aliphatic rings. The zero-order chi connectivity index (χ0) is 9.84. The summed E-state index contributed by atoms with van der Waals surface area (Å²) in [5.74, 6) is 0.896. The van der Waals surface area contributed by atoms with Gasteiger partial charge in [-0.05, 0) is 31.1 Å². The van der Waals surface area contributed by atoms with E-state index >= 15 is 0 Å². The van der Waals surface area contributed by atoms with Crippen molar-refractivity contribution in [3.8, 4) is 0 Å². The van der Waals surface area contributed by atoms with E-state index in [1.165, 1.54) is 20.0 Å². The molecule has 1 saturated carbocycles. The Morgan fingerprint density at radius 2 is 2.23 bits per heavy atom. The molecule has 1 aliphatic carbocycles. The van der Waals surface area contributed by atoms with Crippen molar-refractivity contribution in [1.29, 1.82) is 0 Å². The lowest BCUT2D eigenvalue weighted by Gasteiger charge is -2.21. The summed E-state index contributed by atoms with van der Waals surface area (Å²) in [7, 11) is 1.43. The molecule has 0 aromatic carbocycles. The van der Waals surface area contributed by atoms with Gasteiger partial charge in [0.25, 0.3) is 0 Å². The SMILES string of the molecule is CCC(N)C(CC(=O)OC)C1CC1. The fraction of sp³-hybridized carbons (Fsp3) is 0.900. The maximum atomic E-state index is 11.1. The number of ether oxygens (including phenoxy) is 1. The summed E-state index contributed by atoms with van der Waals surface area (Å²) in [6.45, 7) is 2.07. The van der Waals surface area contributed by atoms with Crippen LogP contribution < -0.4 is 5.73 Å². The zero-order valence-electron chi connectivity index (χ0n) is 8.45. The highest BCUT2D eigenvalue weighted by atomic mass is 16.5. The van der Waals surface area contributed by atoms with Gasteiger partial charge in [-0.3, -0.25) is 4.79 Å². The number of carbonyl (C=O) groups is 1. The van der Waals surface area contributed by atoms with Gasteiger partial charge in [-0.2, -0.15) is 0 Å². The van der Waals surface area contributed by atoms with Crippen molar-refractivity contribution >= 4 is 5.97 Å². The van der Waals surface area contributed by atoms with Crippen molar-refractivity contribution < 1.29 is 9.53 Å². The molecule has 0 amide bonds. The molecule has 76 valence electrons. The molecule has 3 heteroatoms. The molecule has 0 bridgehead atoms. The average molecular weight is 185 g/mol. The van der Waals surface area contributed by atoms with Crippen LogP contribution >= 0.6 is 0 Å². The molecule has 0 radical (unpaired) electrons. The average Bonchev–Trinajstić information content (AvgIpc) is 2.95. The van der Waals surface area contributed by atoms with Crippen LogP contribution in [0.1, 0.15) is 32.6 Å². The first-order valence-corrected chi connectivity index (χ1v) is 5.01. The van der Waals surface area contributed by atoms with Gasteiger partial charge in [-0.1, -0.05) is 6.92 Å². The number of hydrogen-bond donors (Lipinski definition) is 1. The lowest BCUT2D eigenvalue weighted by atomic mass is 9.90. The van der Waals surface area contributed by atoms with Crippen LogP contribution in [0.2, 0.25) is 0 Å². The van der Waals surface area contributed by atoms with Crippen LogP contribution in [-0.2, 0) is 9.53 Å². The second-order valence-electron chi connectivity index (χ2n) is 3.85. The monoisotopic (exact) mass is 185 g/mol. The van der Waals surface area contributed by atoms with Gasteiger partial charge in [0, 0.05) is 6.04 Å². The van der Waals surface area contributed by atoms with E-state index in [0.717, 1.165) is 6.42 Å². The smallest absolute Gasteiger partial charge is 0.305 e. The molecule has 2 unspecified atom stereocenters. The minimum absolute atomic E-state index is 0.124. The number of hydrogen-bond acceptors (Lipinski definition) is 3. The van der Waals surface area contributed by atoms with E-state index in [2.05, 4.69) is 11.7 Å². The molecule has 3 nitrogen and oxygen atoms in total. The highest BCUT2D eigenvalue weighted by molar-refractivity contribution is 5.69. The summed E-state index contributed by atoms with van der Waals surface area (Å²) in [5.41, 5.74) is 5.95. The predicted octanol–water partition coefficient (Wildman–Crippen LogP) is 1.31. The fourth-order valence-electron chi connectivity index (χ4n) is 1.77. The maximum Gasteiger partial charge on any atom is 0.305 e. The van der Waals surface area contributed by atoms with Crippen LogP contribution in [0.4, 0.5) is 0 Å². The standard InChI is InChI=1S/C10H19NO2/c1-3-9(11)8(7-4-5-7)6-10(12)13-2/h7-9H,3-6,11H2,1-2H3. The summed E-state index contributed by atoms with van der Waals surface area (Å²) < 4.78 is 4.66. The Labute approximate surface area is 79.6 Å². The lowest BCUT2D eigenvalue weighted by Crippen LogP contribution is -2.32. The highest BCUT2D eigenvalue weighted by Crippen LogP contribution is 2.40. The molecular weight excluding hydrogens is 166 g/mol. The molecule has 0 heterocycles. The second-order valence-corrected chi connectivity index (χ2v) is 3.85. The Morgan fingerprint density at radius 3 is 2.62 bits per heavy atom. The molecule has 13 heavy (non-hydrogen) atoms. The number of carbonyl (C=O) groups excluding carboxylic acids is 1. The summed E-state index contributed by atoms with van der Waals surface area (Å²) in [6.07, 6.45) is 3.90. The number of methoxy groups -OCH3 is 1. The van der Waals surface area contributed by atoms with E-state index in [1.54, 1.807) is 0 Å². The minimum atomic E-state index is -0.124. The van der Waals surface area contributed by atoms with Crippen molar-refractivity contribution in [2.45, 2.75) is 38.6 Å². The Morgan fingerprint density at radius 1 is 1.62 bits per heavy atom. The van der Waals surface area contributed by atoms with Crippen molar-refractivity contribution in [3.05, 3.63) is 0 Å². The Bertz CT molecular complexity index is 178. The topological polar surface area (TPSA) is 52.3 Å². The summed E-state index contributed by atoms with van der Waals surface area (Å²) in [6, 6.07) is 0.159. The van der Waals surface area contributed by atoms with Crippen molar-refractivity contribution in [2.75, 3.05) is 7.11 Å². The van der Waals surface area contributed by atoms with Crippen LogP contribution in [0.3, 0.4) is 0 Å². The van der Waals surface area contributed by atoms with Crippen LogP contribution in [0, 0.1) is 11.8 Å². The van der Waals surface area contributed by atoms with Crippen molar-refractivity contribution in [3.63, 3.8) is 0 Å². The van der Waals surface area contributed by atoms with Crippen molar-refractivity contribution in [1.82, 2.24) is 0 Å². The van der Waals surface area contributed by atoms with E-state index in [1.807, 2.05) is 0 Å². The first-order valence-electron chi connectivity index (χ1n) is 5.01. The predicted molar refractivity (Wildman–Crippen MR) is 51.1 cm³/mol. The van der Waals surface area contributed by atoms with Gasteiger partial charge in [0.05, 0.1) is 13.5 Å². The Hall–Kier alpha value is -0.570. The van der Waals surface area contributed by atoms with Gasteiger partial charge < -0.3 is 10.5 Å². The Balaban J connectivity index is 2.42. The van der Waals surface area contributed by atoms with Gasteiger partial charge in [-0.25, -0.2) is 0 Å². The van der Waals surface area contributed by atoms with Crippen LogP contribution in [0.15, 0.2) is 0 Å². The minimum Gasteiger partial charge on any atom is -0.469 e. The molecule has 1 rings (SSSR count). The van der Waals surface area contributed by atoms with Gasteiger partial charge in [0.15, 0.2) is 0 Å². The number of esters is 1. The van der Waals surface area contributed by atoms with E-state index in [4.69, 9.17) is 5.73 Å². The summed E-state index contributed by atoms with van der Waals surface area (Å²) in [4.78, 5) is 11.1. The quantitative estimate of drug-likeness (QED) is 0.657. The lowest BCUT2D eigenvalue weighted by molar-refractivity contribution is -0.142. The van der Waals surface area contributed by atoms with Crippen LogP contribution in [-0.4, -0.2) is 19.1 Å². The largest absolute Gasteiger partial charge is 0.469 e. The second kappa shape index (κ2) is 4.61. The molecule has 0 spiro atoms. The molecule has 0 aromatic rings. The number of nitrogens with two attached hydrogens (primary N) is 1. The van der Waals surface area contributed by atoms with Gasteiger partial charge >= 0.3 is 5.97 Å². The first kappa shape index (κ1) is 10.5. The third-order valence-corrected chi connectivity index (χ3v) is 2.88. The molecule has 0 aromatic heterocycles. The van der Waals surface area contributed by atoms with E-state index in [-0.39, 0.29) is 12.0 Å². The third-order valence-electron chi connectivity index (χ3n) is 2.88. The highest BCUT2D eigenvalue weighted by Gasteiger charge is 2.35. The third kappa shape index (κ3) is 2.99. The van der Waals surface area contributed by atoms with Gasteiger partial charge in [0.2, 0.25) is 0 Å². The molecule has 1 fully saturated rings. The van der Waals surface area contributed by atoms with E-state index in [9.17, 15) is 4.79 Å². The summed E-state index contributed by atoms with van der Waals surface area (Å²) in [5, 5.41) is 0. The van der Waals surface area contributed by atoms with Crippen LogP contribution in [0.5, 0.6) is 0 Å². The molecule has 2 N–H and O–H groups in total. The Kier molecular flexibility index (Phi) is 3.72. The van der Waals surface area contributed by atoms with E-state index in [0.29, 0.717) is 18.3 Å². The molecule has 2 atom stereocenters. The normalized spacial score (nSPS) is 20.8. The van der Waals surface area contributed by atoms with Crippen molar-refractivity contribution in [2.24, 2.45) is 17.6 Å². The maximum absolute atomic E-state index is 11.1.